The molecule has 2 rings (SSSR count). The van der Waals surface area contributed by atoms with Crippen LogP contribution in [0.3, 0.4) is 0 Å². The average Bonchev–Trinajstić information content (AvgIpc) is 3.19. The second-order valence-electron chi connectivity index (χ2n) is 5.41. The Morgan fingerprint density at radius 3 is 2.65 bits per heavy atom. The molecular weight excluding hydrogens is 294 g/mol. The van der Waals surface area contributed by atoms with Crippen molar-refractivity contribution in [2.45, 2.75) is 36.3 Å². The Kier molecular flexibility index (Phi) is 5.35. The standard InChI is InChI=1S/C15H20ClNO2S/c1-11(20-13-4-2-12(16)3-5-13)14(19)17-10-15(6-7-15)8-9-18/h2-5,11,18H,6-10H2,1H3,(H,17,19). The van der Waals surface area contributed by atoms with E-state index in [9.17, 15) is 4.79 Å². The van der Waals surface area contributed by atoms with Gasteiger partial charge in [-0.3, -0.25) is 4.79 Å². The number of nitrogens with one attached hydrogen (secondary N) is 1. The molecule has 110 valence electrons. The fourth-order valence-electron chi connectivity index (χ4n) is 2.12. The molecule has 1 aromatic rings. The van der Waals surface area contributed by atoms with Crippen molar-refractivity contribution >= 4 is 29.3 Å². The first-order valence-electron chi connectivity index (χ1n) is 6.85. The average molecular weight is 314 g/mol. The van der Waals surface area contributed by atoms with Crippen LogP contribution in [0.15, 0.2) is 29.2 Å². The highest BCUT2D eigenvalue weighted by molar-refractivity contribution is 8.00. The number of rotatable bonds is 7. The van der Waals surface area contributed by atoms with Crippen LogP contribution in [0.1, 0.15) is 26.2 Å². The molecule has 2 N–H and O–H groups in total. The highest BCUT2D eigenvalue weighted by Gasteiger charge is 2.42. The maximum absolute atomic E-state index is 12.1. The zero-order chi connectivity index (χ0) is 14.6. The molecule has 0 aromatic heterocycles. The predicted octanol–water partition coefficient (Wildman–Crippen LogP) is 3.10. The summed E-state index contributed by atoms with van der Waals surface area (Å²) in [5.74, 6) is 0.0502. The summed E-state index contributed by atoms with van der Waals surface area (Å²) >= 11 is 7.36. The molecule has 1 aromatic carbocycles. The Bertz CT molecular complexity index is 459. The summed E-state index contributed by atoms with van der Waals surface area (Å²) in [5.41, 5.74) is 0.162. The number of benzene rings is 1. The van der Waals surface area contributed by atoms with E-state index < -0.39 is 0 Å². The monoisotopic (exact) mass is 313 g/mol. The number of halogens is 1. The topological polar surface area (TPSA) is 49.3 Å². The zero-order valence-electron chi connectivity index (χ0n) is 11.6. The molecule has 1 saturated carbocycles. The maximum Gasteiger partial charge on any atom is 0.233 e. The molecule has 1 aliphatic rings. The van der Waals surface area contributed by atoms with E-state index in [0.29, 0.717) is 11.6 Å². The number of aliphatic hydroxyl groups is 1. The minimum atomic E-state index is -0.138. The molecule has 0 spiro atoms. The van der Waals surface area contributed by atoms with Gasteiger partial charge in [-0.1, -0.05) is 11.6 Å². The van der Waals surface area contributed by atoms with E-state index in [1.165, 1.54) is 11.8 Å². The fourth-order valence-corrected chi connectivity index (χ4v) is 3.14. The van der Waals surface area contributed by atoms with Gasteiger partial charge in [0.1, 0.15) is 0 Å². The fraction of sp³-hybridized carbons (Fsp3) is 0.533. The van der Waals surface area contributed by atoms with Crippen molar-refractivity contribution in [1.29, 1.82) is 0 Å². The third-order valence-electron chi connectivity index (χ3n) is 3.73. The normalized spacial score (nSPS) is 17.6. The van der Waals surface area contributed by atoms with Crippen molar-refractivity contribution in [3.63, 3.8) is 0 Å². The smallest absolute Gasteiger partial charge is 0.233 e. The van der Waals surface area contributed by atoms with Gasteiger partial charge in [0.05, 0.1) is 5.25 Å². The van der Waals surface area contributed by atoms with E-state index in [-0.39, 0.29) is 23.2 Å². The molecule has 0 heterocycles. The summed E-state index contributed by atoms with van der Waals surface area (Å²) in [6.07, 6.45) is 2.99. The number of hydrogen-bond acceptors (Lipinski definition) is 3. The van der Waals surface area contributed by atoms with Gasteiger partial charge in [0.25, 0.3) is 0 Å². The first-order valence-corrected chi connectivity index (χ1v) is 8.11. The minimum Gasteiger partial charge on any atom is -0.396 e. The van der Waals surface area contributed by atoms with Gasteiger partial charge in [-0.15, -0.1) is 11.8 Å². The number of carbonyl (C=O) groups excluding carboxylic acids is 1. The van der Waals surface area contributed by atoms with E-state index in [4.69, 9.17) is 16.7 Å². The second-order valence-corrected chi connectivity index (χ2v) is 7.26. The van der Waals surface area contributed by atoms with Gasteiger partial charge in [-0.25, -0.2) is 0 Å². The minimum absolute atomic E-state index is 0.0502. The van der Waals surface area contributed by atoms with Gasteiger partial charge >= 0.3 is 0 Å². The third kappa shape index (κ3) is 4.40. The second kappa shape index (κ2) is 6.83. The van der Waals surface area contributed by atoms with Crippen LogP contribution in [-0.2, 0) is 4.79 Å². The van der Waals surface area contributed by atoms with Crippen LogP contribution in [0.5, 0.6) is 0 Å². The molecule has 1 unspecified atom stereocenters. The van der Waals surface area contributed by atoms with Crippen molar-refractivity contribution in [2.24, 2.45) is 5.41 Å². The first kappa shape index (κ1) is 15.7. The van der Waals surface area contributed by atoms with Gasteiger partial charge in [0.2, 0.25) is 5.91 Å². The molecule has 1 fully saturated rings. The van der Waals surface area contributed by atoms with E-state index in [2.05, 4.69) is 5.32 Å². The SMILES string of the molecule is CC(Sc1ccc(Cl)cc1)C(=O)NCC1(CCO)CC1. The summed E-state index contributed by atoms with van der Waals surface area (Å²) in [7, 11) is 0. The molecule has 1 amide bonds. The third-order valence-corrected chi connectivity index (χ3v) is 5.10. The van der Waals surface area contributed by atoms with E-state index >= 15 is 0 Å². The van der Waals surface area contributed by atoms with Gasteiger partial charge in [0.15, 0.2) is 0 Å². The van der Waals surface area contributed by atoms with Crippen LogP contribution in [0.25, 0.3) is 0 Å². The number of carbonyl (C=O) groups is 1. The lowest BCUT2D eigenvalue weighted by Crippen LogP contribution is -2.35. The number of amides is 1. The summed E-state index contributed by atoms with van der Waals surface area (Å²) < 4.78 is 0. The van der Waals surface area contributed by atoms with Crippen LogP contribution in [0, 0.1) is 5.41 Å². The van der Waals surface area contributed by atoms with Crippen molar-refractivity contribution in [3.05, 3.63) is 29.3 Å². The van der Waals surface area contributed by atoms with Crippen LogP contribution < -0.4 is 5.32 Å². The summed E-state index contributed by atoms with van der Waals surface area (Å²) in [4.78, 5) is 13.1. The molecule has 0 radical (unpaired) electrons. The number of thioether (sulfide) groups is 1. The molecule has 0 bridgehead atoms. The summed E-state index contributed by atoms with van der Waals surface area (Å²) in [5, 5.41) is 12.6. The maximum atomic E-state index is 12.1. The van der Waals surface area contributed by atoms with Crippen LogP contribution in [0.4, 0.5) is 0 Å². The van der Waals surface area contributed by atoms with Gasteiger partial charge in [0, 0.05) is 23.1 Å². The molecule has 0 saturated heterocycles. The van der Waals surface area contributed by atoms with Crippen LogP contribution in [-0.4, -0.2) is 29.4 Å². The lowest BCUT2D eigenvalue weighted by atomic mass is 10.0. The number of aliphatic hydroxyl groups excluding tert-OH is 1. The molecule has 0 aliphatic heterocycles. The largest absolute Gasteiger partial charge is 0.396 e. The van der Waals surface area contributed by atoms with Crippen LogP contribution in [0.2, 0.25) is 5.02 Å². The molecule has 3 nitrogen and oxygen atoms in total. The molecule has 1 aliphatic carbocycles. The van der Waals surface area contributed by atoms with E-state index in [0.717, 1.165) is 24.2 Å². The number of hydrogen-bond donors (Lipinski definition) is 2. The highest BCUT2D eigenvalue weighted by atomic mass is 35.5. The first-order chi connectivity index (χ1) is 9.54. The Hall–Kier alpha value is -0.710. The molecule has 20 heavy (non-hydrogen) atoms. The van der Waals surface area contributed by atoms with E-state index in [1.54, 1.807) is 0 Å². The molecule has 1 atom stereocenters. The van der Waals surface area contributed by atoms with Crippen molar-refractivity contribution in [3.8, 4) is 0 Å². The van der Waals surface area contributed by atoms with Gasteiger partial charge in [-0.2, -0.15) is 0 Å². The lowest BCUT2D eigenvalue weighted by molar-refractivity contribution is -0.120. The Balaban J connectivity index is 1.78. The Morgan fingerprint density at radius 2 is 2.10 bits per heavy atom. The predicted molar refractivity (Wildman–Crippen MR) is 83.2 cm³/mol. The van der Waals surface area contributed by atoms with Gasteiger partial charge < -0.3 is 10.4 Å². The zero-order valence-corrected chi connectivity index (χ0v) is 13.1. The van der Waals surface area contributed by atoms with Crippen molar-refractivity contribution in [2.75, 3.05) is 13.2 Å². The Morgan fingerprint density at radius 1 is 1.45 bits per heavy atom. The summed E-state index contributed by atoms with van der Waals surface area (Å²) in [6.45, 7) is 2.78. The van der Waals surface area contributed by atoms with Crippen molar-refractivity contribution in [1.82, 2.24) is 5.32 Å². The molecular formula is C15H20ClNO2S. The quantitative estimate of drug-likeness (QED) is 0.761. The van der Waals surface area contributed by atoms with E-state index in [1.807, 2.05) is 31.2 Å². The lowest BCUT2D eigenvalue weighted by Gasteiger charge is -2.17. The molecule has 5 heteroatoms. The van der Waals surface area contributed by atoms with Crippen LogP contribution >= 0.6 is 23.4 Å². The Labute approximate surface area is 129 Å². The van der Waals surface area contributed by atoms with Gasteiger partial charge in [-0.05, 0) is 55.9 Å². The van der Waals surface area contributed by atoms with Crippen molar-refractivity contribution < 1.29 is 9.90 Å². The highest BCUT2D eigenvalue weighted by Crippen LogP contribution is 2.47. The summed E-state index contributed by atoms with van der Waals surface area (Å²) in [6, 6.07) is 7.50.